The molecule has 7 heteroatoms. The van der Waals surface area contributed by atoms with E-state index in [0.717, 1.165) is 5.56 Å². The van der Waals surface area contributed by atoms with Gasteiger partial charge < -0.3 is 4.74 Å². The molecule has 0 aromatic heterocycles. The topological polar surface area (TPSA) is 36.3 Å². The van der Waals surface area contributed by atoms with Gasteiger partial charge in [-0.25, -0.2) is 0 Å². The molecule has 3 nitrogen and oxygen atoms in total. The van der Waals surface area contributed by atoms with Gasteiger partial charge in [-0.15, -0.1) is 11.5 Å². The van der Waals surface area contributed by atoms with Gasteiger partial charge in [0.2, 0.25) is 6.23 Å². The van der Waals surface area contributed by atoms with Gasteiger partial charge in [-0.05, 0) is 28.6 Å². The van der Waals surface area contributed by atoms with Crippen LogP contribution in [0.2, 0.25) is 16.6 Å². The summed E-state index contributed by atoms with van der Waals surface area (Å²) in [6.45, 7) is 13.5. The fourth-order valence-corrected chi connectivity index (χ4v) is 10.7. The average Bonchev–Trinajstić information content (AvgIpc) is 3.08. The average molecular weight is 479 g/mol. The van der Waals surface area contributed by atoms with Gasteiger partial charge in [-0.3, -0.25) is 4.90 Å². The monoisotopic (exact) mass is 478 g/mol. The first-order valence-electron chi connectivity index (χ1n) is 11.8. The largest absolute Gasteiger partial charge is 0.428 e. The highest BCUT2D eigenvalue weighted by atomic mass is 28.3. The van der Waals surface area contributed by atoms with Gasteiger partial charge in [0.15, 0.2) is 0 Å². The molecule has 1 aromatic carbocycles. The summed E-state index contributed by atoms with van der Waals surface area (Å²) in [5, 5.41) is 9.17. The predicted molar refractivity (Wildman–Crippen MR) is 129 cm³/mol. The van der Waals surface area contributed by atoms with E-state index in [1.165, 1.54) is 4.90 Å². The number of benzene rings is 1. The summed E-state index contributed by atoms with van der Waals surface area (Å²) in [7, 11) is -2.01. The minimum absolute atomic E-state index is 0.0992. The van der Waals surface area contributed by atoms with Crippen LogP contribution in [0.15, 0.2) is 30.3 Å². The summed E-state index contributed by atoms with van der Waals surface area (Å²) in [5.74, 6) is 3.30. The van der Waals surface area contributed by atoms with Crippen LogP contribution in [0.25, 0.3) is 0 Å². The van der Waals surface area contributed by atoms with E-state index < -0.39 is 26.1 Å². The second-order valence-corrected chi connectivity index (χ2v) is 15.7. The number of hydrogen-bond donors (Lipinski definition) is 0. The first kappa shape index (κ1) is 27.4. The lowest BCUT2D eigenvalue weighted by atomic mass is 9.94. The lowest BCUT2D eigenvalue weighted by Crippen LogP contribution is -2.43. The first-order chi connectivity index (χ1) is 15.4. The van der Waals surface area contributed by atoms with Gasteiger partial charge in [0.05, 0.1) is 11.7 Å². The summed E-state index contributed by atoms with van der Waals surface area (Å²) < 4.78 is 47.6. The molecule has 1 aromatic rings. The van der Waals surface area contributed by atoms with Crippen LogP contribution in [0, 0.1) is 22.8 Å². The molecule has 182 valence electrons. The minimum atomic E-state index is -4.52. The molecule has 0 aliphatic carbocycles. The Bertz CT molecular complexity index is 846. The Morgan fingerprint density at radius 3 is 2.15 bits per heavy atom. The molecular formula is C26H37F3N2OSi. The minimum Gasteiger partial charge on any atom is -0.345 e. The van der Waals surface area contributed by atoms with Crippen molar-refractivity contribution < 1.29 is 17.9 Å². The Balaban J connectivity index is 2.39. The van der Waals surface area contributed by atoms with Crippen molar-refractivity contribution in [1.29, 1.82) is 5.26 Å². The van der Waals surface area contributed by atoms with E-state index in [1.54, 1.807) is 0 Å². The number of rotatable bonds is 8. The Morgan fingerprint density at radius 1 is 1.09 bits per heavy atom. The highest BCUT2D eigenvalue weighted by Gasteiger charge is 2.55. The number of halogens is 3. The van der Waals surface area contributed by atoms with Gasteiger partial charge in [-0.1, -0.05) is 71.9 Å². The maximum Gasteiger partial charge on any atom is 0.428 e. The number of alkyl halides is 3. The Kier molecular flexibility index (Phi) is 9.21. The smallest absolute Gasteiger partial charge is 0.345 e. The number of hydrogen-bond acceptors (Lipinski definition) is 3. The quantitative estimate of drug-likeness (QED) is 0.296. The summed E-state index contributed by atoms with van der Waals surface area (Å²) in [5.41, 5.74) is 4.59. The van der Waals surface area contributed by atoms with Crippen LogP contribution in [0.5, 0.6) is 0 Å². The van der Waals surface area contributed by atoms with E-state index in [-0.39, 0.29) is 32.4 Å². The Hall–Kier alpha value is -1.80. The molecule has 1 saturated heterocycles. The van der Waals surface area contributed by atoms with Crippen molar-refractivity contribution in [3.05, 3.63) is 35.9 Å². The molecule has 0 radical (unpaired) electrons. The third-order valence-corrected chi connectivity index (χ3v) is 13.3. The molecule has 0 amide bonds. The summed E-state index contributed by atoms with van der Waals surface area (Å²) in [4.78, 5) is 1.34. The molecule has 0 N–H and O–H groups in total. The highest BCUT2D eigenvalue weighted by molar-refractivity contribution is 6.90. The summed E-state index contributed by atoms with van der Waals surface area (Å²) >= 11 is 0. The van der Waals surface area contributed by atoms with Gasteiger partial charge in [0.1, 0.15) is 8.07 Å². The van der Waals surface area contributed by atoms with Crippen molar-refractivity contribution in [3.63, 3.8) is 0 Å². The van der Waals surface area contributed by atoms with Crippen molar-refractivity contribution in [2.75, 3.05) is 6.54 Å². The Labute approximate surface area is 198 Å². The molecule has 2 rings (SSSR count). The van der Waals surface area contributed by atoms with Crippen LogP contribution >= 0.6 is 0 Å². The lowest BCUT2D eigenvalue weighted by Gasteiger charge is -2.38. The number of nitrogens with zero attached hydrogens (tertiary/aromatic N) is 2. The van der Waals surface area contributed by atoms with E-state index in [2.05, 4.69) is 59.1 Å². The zero-order chi connectivity index (χ0) is 24.9. The zero-order valence-corrected chi connectivity index (χ0v) is 21.7. The number of nitriles is 1. The second-order valence-electron chi connectivity index (χ2n) is 10.1. The van der Waals surface area contributed by atoms with Gasteiger partial charge in [0, 0.05) is 25.9 Å². The SMILES string of the molecule is CC(C)[Si](C#CC[C@]1(CCC#N)CN(Cc2ccccc2)[C@@H](C(F)(F)F)O1)(C(C)C)C(C)C. The van der Waals surface area contributed by atoms with E-state index in [1.807, 2.05) is 30.3 Å². The van der Waals surface area contributed by atoms with E-state index in [9.17, 15) is 18.4 Å². The Morgan fingerprint density at radius 2 is 1.67 bits per heavy atom. The molecule has 1 heterocycles. The fourth-order valence-electron chi connectivity index (χ4n) is 5.43. The third-order valence-electron chi connectivity index (χ3n) is 6.97. The van der Waals surface area contributed by atoms with Gasteiger partial charge >= 0.3 is 6.18 Å². The lowest BCUT2D eigenvalue weighted by molar-refractivity contribution is -0.257. The van der Waals surface area contributed by atoms with Crippen molar-refractivity contribution in [2.24, 2.45) is 0 Å². The standard InChI is InChI=1S/C26H37F3N2OSi/c1-20(2)33(21(3)4,22(5)6)17-11-15-25(14-10-16-30)19-31(24(32-25)26(27,28)29)18-23-12-8-7-9-13-23/h7-9,12-13,20-22,24H,10,14-15,18-19H2,1-6H3/t24-,25-/m1/s1. The zero-order valence-electron chi connectivity index (χ0n) is 20.7. The predicted octanol–water partition coefficient (Wildman–Crippen LogP) is 7.06. The third kappa shape index (κ3) is 6.41. The second kappa shape index (κ2) is 11.1. The van der Waals surface area contributed by atoms with Gasteiger partial charge in [0.25, 0.3) is 0 Å². The number of ether oxygens (including phenoxy) is 1. The van der Waals surface area contributed by atoms with E-state index in [4.69, 9.17) is 4.74 Å². The molecule has 0 saturated carbocycles. The van der Waals surface area contributed by atoms with Crippen LogP contribution in [0.1, 0.15) is 66.4 Å². The van der Waals surface area contributed by atoms with Crippen molar-refractivity contribution in [2.45, 2.75) is 102 Å². The first-order valence-corrected chi connectivity index (χ1v) is 14.0. The van der Waals surface area contributed by atoms with Crippen LogP contribution in [-0.4, -0.2) is 37.5 Å². The molecule has 33 heavy (non-hydrogen) atoms. The molecule has 0 spiro atoms. The maximum absolute atomic E-state index is 13.9. The molecular weight excluding hydrogens is 441 g/mol. The van der Waals surface area contributed by atoms with Crippen LogP contribution < -0.4 is 0 Å². The fraction of sp³-hybridized carbons (Fsp3) is 0.654. The van der Waals surface area contributed by atoms with Crippen molar-refractivity contribution in [1.82, 2.24) is 4.90 Å². The summed E-state index contributed by atoms with van der Waals surface area (Å²) in [6.07, 6.45) is -5.96. The van der Waals surface area contributed by atoms with Crippen molar-refractivity contribution in [3.8, 4) is 17.5 Å². The highest BCUT2D eigenvalue weighted by Crippen LogP contribution is 2.43. The molecule has 2 atom stereocenters. The normalized spacial score (nSPS) is 22.0. The molecule has 1 aliphatic heterocycles. The molecule has 0 unspecified atom stereocenters. The van der Waals surface area contributed by atoms with Crippen LogP contribution in [0.3, 0.4) is 0 Å². The summed E-state index contributed by atoms with van der Waals surface area (Å²) in [6, 6.07) is 11.2. The van der Waals surface area contributed by atoms with E-state index >= 15 is 0 Å². The van der Waals surface area contributed by atoms with Crippen LogP contribution in [0.4, 0.5) is 13.2 Å². The van der Waals surface area contributed by atoms with Crippen molar-refractivity contribution >= 4 is 8.07 Å². The van der Waals surface area contributed by atoms with Crippen LogP contribution in [-0.2, 0) is 11.3 Å². The molecule has 1 fully saturated rings. The molecule has 0 bridgehead atoms. The van der Waals surface area contributed by atoms with Gasteiger partial charge in [-0.2, -0.15) is 18.4 Å². The van der Waals surface area contributed by atoms with E-state index in [0.29, 0.717) is 16.6 Å². The maximum atomic E-state index is 13.9. The molecule has 1 aliphatic rings.